The fourth-order valence-corrected chi connectivity index (χ4v) is 3.61. The number of nitrogens with one attached hydrogen (secondary N) is 1. The SMILES string of the molecule is COc1ccc([C@H]2C[C@H]2C(=O)NS(=O)(=O)c2ccc(F)cc2)cc1. The van der Waals surface area contributed by atoms with E-state index in [-0.39, 0.29) is 16.7 Å². The Morgan fingerprint density at radius 2 is 1.75 bits per heavy atom. The van der Waals surface area contributed by atoms with Crippen LogP contribution in [0.2, 0.25) is 0 Å². The molecule has 5 nitrogen and oxygen atoms in total. The largest absolute Gasteiger partial charge is 0.497 e. The van der Waals surface area contributed by atoms with Gasteiger partial charge in [0.2, 0.25) is 5.91 Å². The molecule has 2 aromatic rings. The van der Waals surface area contributed by atoms with Crippen molar-refractivity contribution in [2.45, 2.75) is 17.2 Å². The molecule has 0 spiro atoms. The van der Waals surface area contributed by atoms with Crippen LogP contribution in [0, 0.1) is 11.7 Å². The molecule has 0 saturated heterocycles. The van der Waals surface area contributed by atoms with Crippen LogP contribution in [0.4, 0.5) is 4.39 Å². The number of halogens is 1. The van der Waals surface area contributed by atoms with Gasteiger partial charge in [-0.15, -0.1) is 0 Å². The molecule has 0 radical (unpaired) electrons. The van der Waals surface area contributed by atoms with Crippen molar-refractivity contribution in [3.63, 3.8) is 0 Å². The fraction of sp³-hybridized carbons (Fsp3) is 0.235. The van der Waals surface area contributed by atoms with Gasteiger partial charge in [0.05, 0.1) is 12.0 Å². The maximum Gasteiger partial charge on any atom is 0.264 e. The highest BCUT2D eigenvalue weighted by Gasteiger charge is 2.45. The van der Waals surface area contributed by atoms with Gasteiger partial charge >= 0.3 is 0 Å². The second-order valence-corrected chi connectivity index (χ2v) is 7.33. The number of ether oxygens (including phenoxy) is 1. The van der Waals surface area contributed by atoms with E-state index < -0.39 is 21.7 Å². The topological polar surface area (TPSA) is 72.5 Å². The molecule has 0 aromatic heterocycles. The summed E-state index contributed by atoms with van der Waals surface area (Å²) in [5, 5.41) is 0. The summed E-state index contributed by atoms with van der Waals surface area (Å²) in [5.41, 5.74) is 0.968. The number of sulfonamides is 1. The Balaban J connectivity index is 1.66. The van der Waals surface area contributed by atoms with Crippen molar-refractivity contribution in [1.29, 1.82) is 0 Å². The molecule has 1 aliphatic rings. The number of methoxy groups -OCH3 is 1. The van der Waals surface area contributed by atoms with Gasteiger partial charge in [-0.3, -0.25) is 4.79 Å². The zero-order valence-corrected chi connectivity index (χ0v) is 13.7. The third-order valence-corrected chi connectivity index (χ3v) is 5.39. The number of carbonyl (C=O) groups excluding carboxylic acids is 1. The van der Waals surface area contributed by atoms with Crippen LogP contribution in [-0.2, 0) is 14.8 Å². The van der Waals surface area contributed by atoms with Crippen LogP contribution < -0.4 is 9.46 Å². The van der Waals surface area contributed by atoms with E-state index in [9.17, 15) is 17.6 Å². The van der Waals surface area contributed by atoms with E-state index in [0.29, 0.717) is 6.42 Å². The molecule has 0 aliphatic heterocycles. The summed E-state index contributed by atoms with van der Waals surface area (Å²) in [4.78, 5) is 12.0. The minimum atomic E-state index is -3.98. The third kappa shape index (κ3) is 3.41. The lowest BCUT2D eigenvalue weighted by Crippen LogP contribution is -2.32. The third-order valence-electron chi connectivity index (χ3n) is 4.03. The Labute approximate surface area is 139 Å². The van der Waals surface area contributed by atoms with Crippen molar-refractivity contribution in [1.82, 2.24) is 4.72 Å². The molecule has 1 N–H and O–H groups in total. The number of benzene rings is 2. The number of carbonyl (C=O) groups is 1. The van der Waals surface area contributed by atoms with Crippen molar-refractivity contribution < 1.29 is 22.3 Å². The first-order valence-electron chi connectivity index (χ1n) is 7.37. The van der Waals surface area contributed by atoms with Crippen molar-refractivity contribution >= 4 is 15.9 Å². The summed E-state index contributed by atoms with van der Waals surface area (Å²) in [6.45, 7) is 0. The van der Waals surface area contributed by atoms with Crippen LogP contribution in [0.1, 0.15) is 17.9 Å². The second kappa shape index (κ2) is 6.24. The van der Waals surface area contributed by atoms with Gasteiger partial charge in [-0.1, -0.05) is 12.1 Å². The Bertz CT molecular complexity index is 847. The number of rotatable bonds is 5. The van der Waals surface area contributed by atoms with Crippen LogP contribution in [0.25, 0.3) is 0 Å². The summed E-state index contributed by atoms with van der Waals surface area (Å²) < 4.78 is 44.3. The van der Waals surface area contributed by atoms with Gasteiger partial charge in [0.1, 0.15) is 11.6 Å². The number of amides is 1. The van der Waals surface area contributed by atoms with Crippen molar-refractivity contribution in [3.05, 3.63) is 59.9 Å². The molecule has 1 saturated carbocycles. The fourth-order valence-electron chi connectivity index (χ4n) is 2.59. The first-order valence-corrected chi connectivity index (χ1v) is 8.85. The van der Waals surface area contributed by atoms with E-state index >= 15 is 0 Å². The van der Waals surface area contributed by atoms with Gasteiger partial charge in [0.15, 0.2) is 0 Å². The second-order valence-electron chi connectivity index (χ2n) is 5.65. The summed E-state index contributed by atoms with van der Waals surface area (Å²) in [5.74, 6) is -0.741. The molecule has 2 aromatic carbocycles. The monoisotopic (exact) mass is 349 g/mol. The minimum absolute atomic E-state index is 0.000626. The molecule has 1 fully saturated rings. The van der Waals surface area contributed by atoms with E-state index in [0.717, 1.165) is 35.6 Å². The summed E-state index contributed by atoms with van der Waals surface area (Å²) >= 11 is 0. The molecular weight excluding hydrogens is 333 g/mol. The van der Waals surface area contributed by atoms with Gasteiger partial charge in [-0.05, 0) is 54.3 Å². The molecule has 1 amide bonds. The predicted octanol–water partition coefficient (Wildman–Crippen LogP) is 2.44. The Hall–Kier alpha value is -2.41. The Morgan fingerprint density at radius 1 is 1.12 bits per heavy atom. The van der Waals surface area contributed by atoms with Gasteiger partial charge in [0, 0.05) is 5.92 Å². The highest BCUT2D eigenvalue weighted by Crippen LogP contribution is 2.47. The van der Waals surface area contributed by atoms with Crippen LogP contribution in [0.3, 0.4) is 0 Å². The molecule has 0 unspecified atom stereocenters. The van der Waals surface area contributed by atoms with Gasteiger partial charge < -0.3 is 4.74 Å². The average Bonchev–Trinajstić information content (AvgIpc) is 3.36. The zero-order chi connectivity index (χ0) is 17.3. The zero-order valence-electron chi connectivity index (χ0n) is 12.9. The lowest BCUT2D eigenvalue weighted by atomic mass is 10.1. The lowest BCUT2D eigenvalue weighted by Gasteiger charge is -2.07. The molecule has 7 heteroatoms. The average molecular weight is 349 g/mol. The van der Waals surface area contributed by atoms with Crippen molar-refractivity contribution in [2.75, 3.05) is 7.11 Å². The summed E-state index contributed by atoms with van der Waals surface area (Å²) in [7, 11) is -2.41. The normalized spacial score (nSPS) is 19.6. The van der Waals surface area contributed by atoms with Crippen molar-refractivity contribution in [3.8, 4) is 5.75 Å². The van der Waals surface area contributed by atoms with Crippen molar-refractivity contribution in [2.24, 2.45) is 5.92 Å². The molecule has 0 heterocycles. The van der Waals surface area contributed by atoms with E-state index in [4.69, 9.17) is 4.74 Å². The molecule has 24 heavy (non-hydrogen) atoms. The van der Waals surface area contributed by atoms with Gasteiger partial charge in [-0.25, -0.2) is 17.5 Å². The predicted molar refractivity (Wildman–Crippen MR) is 85.6 cm³/mol. The molecule has 3 rings (SSSR count). The highest BCUT2D eigenvalue weighted by molar-refractivity contribution is 7.90. The molecule has 1 aliphatic carbocycles. The van der Waals surface area contributed by atoms with Crippen LogP contribution in [0.5, 0.6) is 5.75 Å². The Morgan fingerprint density at radius 3 is 2.33 bits per heavy atom. The molecule has 2 atom stereocenters. The standard InChI is InChI=1S/C17H16FNO4S/c1-23-13-6-2-11(3-7-13)15-10-16(15)17(20)19-24(21,22)14-8-4-12(18)5-9-14/h2-9,15-16H,10H2,1H3,(H,19,20)/t15-,16-/m1/s1. The molecule has 126 valence electrons. The van der Waals surface area contributed by atoms with Crippen LogP contribution in [0.15, 0.2) is 53.4 Å². The maximum atomic E-state index is 12.9. The highest BCUT2D eigenvalue weighted by atomic mass is 32.2. The van der Waals surface area contributed by atoms with Crippen LogP contribution in [-0.4, -0.2) is 21.4 Å². The lowest BCUT2D eigenvalue weighted by molar-refractivity contribution is -0.120. The van der Waals surface area contributed by atoms with Gasteiger partial charge in [0.25, 0.3) is 10.0 Å². The summed E-state index contributed by atoms with van der Waals surface area (Å²) in [6.07, 6.45) is 0.594. The first kappa shape index (κ1) is 16.4. The Kier molecular flexibility index (Phi) is 4.28. The first-order chi connectivity index (χ1) is 11.4. The maximum absolute atomic E-state index is 12.9. The van der Waals surface area contributed by atoms with E-state index in [1.165, 1.54) is 0 Å². The number of hydrogen-bond acceptors (Lipinski definition) is 4. The minimum Gasteiger partial charge on any atom is -0.497 e. The van der Waals surface area contributed by atoms with Crippen LogP contribution >= 0.6 is 0 Å². The molecule has 0 bridgehead atoms. The number of hydrogen-bond donors (Lipinski definition) is 1. The quantitative estimate of drug-likeness (QED) is 0.900. The van der Waals surface area contributed by atoms with E-state index in [2.05, 4.69) is 4.72 Å². The van der Waals surface area contributed by atoms with E-state index in [1.807, 2.05) is 12.1 Å². The smallest absolute Gasteiger partial charge is 0.264 e. The summed E-state index contributed by atoms with van der Waals surface area (Å²) in [6, 6.07) is 11.7. The van der Waals surface area contributed by atoms with Gasteiger partial charge in [-0.2, -0.15) is 0 Å². The molecular formula is C17H16FNO4S. The van der Waals surface area contributed by atoms with E-state index in [1.54, 1.807) is 19.2 Å².